The van der Waals surface area contributed by atoms with Gasteiger partial charge in [-0.15, -0.1) is 11.3 Å². The molecule has 0 fully saturated rings. The summed E-state index contributed by atoms with van der Waals surface area (Å²) in [5.74, 6) is -0.193. The number of para-hydroxylation sites is 1. The van der Waals surface area contributed by atoms with Gasteiger partial charge in [-0.1, -0.05) is 25.1 Å². The molecule has 168 valence electrons. The molecule has 4 rings (SSSR count). The third-order valence-electron chi connectivity index (χ3n) is 6.08. The monoisotopic (exact) mass is 452 g/mol. The molecule has 1 aromatic carbocycles. The van der Waals surface area contributed by atoms with Gasteiger partial charge in [0.05, 0.1) is 17.7 Å². The van der Waals surface area contributed by atoms with Gasteiger partial charge in [-0.05, 0) is 62.6 Å². The lowest BCUT2D eigenvalue weighted by atomic mass is 9.88. The van der Waals surface area contributed by atoms with Crippen molar-refractivity contribution in [2.45, 2.75) is 53.5 Å². The Kier molecular flexibility index (Phi) is 6.20. The SMILES string of the molecule is CCOC(=O)c1c(NC(=O)Cn2c(=O)cc(C)c3cccc(C)c32)sc2c1CCC(C)C2. The molecular weight excluding hydrogens is 424 g/mol. The van der Waals surface area contributed by atoms with Gasteiger partial charge in [0.1, 0.15) is 11.5 Å². The molecule has 1 N–H and O–H groups in total. The molecule has 1 aliphatic carbocycles. The van der Waals surface area contributed by atoms with E-state index in [1.807, 2.05) is 32.0 Å². The summed E-state index contributed by atoms with van der Waals surface area (Å²) in [5.41, 5.74) is 3.83. The molecular formula is C25H28N2O4S. The molecule has 0 spiro atoms. The number of aryl methyl sites for hydroxylation is 2. The van der Waals surface area contributed by atoms with Crippen LogP contribution in [0.25, 0.3) is 10.9 Å². The zero-order valence-corrected chi connectivity index (χ0v) is 19.7. The Morgan fingerprint density at radius 3 is 2.78 bits per heavy atom. The van der Waals surface area contributed by atoms with Crippen molar-refractivity contribution in [3.63, 3.8) is 0 Å². The van der Waals surface area contributed by atoms with Crippen LogP contribution in [0.1, 0.15) is 52.2 Å². The number of amides is 1. The molecule has 1 unspecified atom stereocenters. The second-order valence-corrected chi connectivity index (χ2v) is 9.65. The maximum absolute atomic E-state index is 13.1. The number of hydrogen-bond donors (Lipinski definition) is 1. The highest BCUT2D eigenvalue weighted by Gasteiger charge is 2.29. The van der Waals surface area contributed by atoms with Crippen LogP contribution in [0, 0.1) is 19.8 Å². The molecule has 6 nitrogen and oxygen atoms in total. The van der Waals surface area contributed by atoms with Crippen LogP contribution >= 0.6 is 11.3 Å². The number of ether oxygens (including phenoxy) is 1. The number of nitrogens with one attached hydrogen (secondary N) is 1. The van der Waals surface area contributed by atoms with Crippen LogP contribution in [0.3, 0.4) is 0 Å². The number of nitrogens with zero attached hydrogens (tertiary/aromatic N) is 1. The van der Waals surface area contributed by atoms with Gasteiger partial charge in [0.2, 0.25) is 5.91 Å². The fourth-order valence-corrected chi connectivity index (χ4v) is 5.93. The van der Waals surface area contributed by atoms with E-state index >= 15 is 0 Å². The van der Waals surface area contributed by atoms with Gasteiger partial charge in [0.25, 0.3) is 5.56 Å². The standard InChI is InChI=1S/C25H28N2O4S/c1-5-31-25(30)22-18-10-9-14(2)11-19(18)32-24(22)26-20(28)13-27-21(29)12-16(4)17-8-6-7-15(3)23(17)27/h6-8,12,14H,5,9-11,13H2,1-4H3,(H,26,28). The Labute approximate surface area is 191 Å². The van der Waals surface area contributed by atoms with Crippen molar-refractivity contribution in [2.75, 3.05) is 11.9 Å². The first kappa shape index (κ1) is 22.3. The molecule has 0 saturated heterocycles. The Bertz CT molecular complexity index is 1270. The summed E-state index contributed by atoms with van der Waals surface area (Å²) in [6.45, 7) is 7.95. The first-order valence-electron chi connectivity index (χ1n) is 11.0. The minimum atomic E-state index is -0.399. The predicted molar refractivity (Wildman–Crippen MR) is 128 cm³/mol. The number of hydrogen-bond acceptors (Lipinski definition) is 5. The molecule has 7 heteroatoms. The van der Waals surface area contributed by atoms with Gasteiger partial charge >= 0.3 is 5.97 Å². The average Bonchev–Trinajstić information content (AvgIpc) is 3.08. The zero-order chi connectivity index (χ0) is 23.0. The number of benzene rings is 1. The highest BCUT2D eigenvalue weighted by molar-refractivity contribution is 7.17. The largest absolute Gasteiger partial charge is 0.462 e. The Morgan fingerprint density at radius 2 is 2.03 bits per heavy atom. The highest BCUT2D eigenvalue weighted by Crippen LogP contribution is 2.40. The van der Waals surface area contributed by atoms with E-state index in [-0.39, 0.29) is 24.6 Å². The summed E-state index contributed by atoms with van der Waals surface area (Å²) < 4.78 is 6.79. The maximum atomic E-state index is 13.1. The lowest BCUT2D eigenvalue weighted by molar-refractivity contribution is -0.116. The van der Waals surface area contributed by atoms with Crippen molar-refractivity contribution in [2.24, 2.45) is 5.92 Å². The molecule has 2 aromatic heterocycles. The van der Waals surface area contributed by atoms with E-state index in [9.17, 15) is 14.4 Å². The van der Waals surface area contributed by atoms with E-state index in [0.29, 0.717) is 16.5 Å². The summed E-state index contributed by atoms with van der Waals surface area (Å²) in [6.07, 6.45) is 2.70. The van der Waals surface area contributed by atoms with Crippen molar-refractivity contribution in [1.29, 1.82) is 0 Å². The summed E-state index contributed by atoms with van der Waals surface area (Å²) >= 11 is 1.45. The van der Waals surface area contributed by atoms with Crippen molar-refractivity contribution >= 4 is 39.1 Å². The lowest BCUT2D eigenvalue weighted by Gasteiger charge is -2.18. The fourth-order valence-electron chi connectivity index (χ4n) is 4.51. The fraction of sp³-hybridized carbons (Fsp3) is 0.400. The van der Waals surface area contributed by atoms with Gasteiger partial charge in [-0.25, -0.2) is 4.79 Å². The van der Waals surface area contributed by atoms with Crippen LogP contribution < -0.4 is 10.9 Å². The number of thiophene rings is 1. The van der Waals surface area contributed by atoms with Gasteiger partial charge in [0.15, 0.2) is 0 Å². The summed E-state index contributed by atoms with van der Waals surface area (Å²) in [5, 5.41) is 4.39. The van der Waals surface area contributed by atoms with Crippen LogP contribution in [0.4, 0.5) is 5.00 Å². The average molecular weight is 453 g/mol. The quantitative estimate of drug-likeness (QED) is 0.573. The number of carbonyl (C=O) groups excluding carboxylic acids is 2. The third-order valence-corrected chi connectivity index (χ3v) is 7.25. The van der Waals surface area contributed by atoms with E-state index in [2.05, 4.69) is 12.2 Å². The van der Waals surface area contributed by atoms with Gasteiger partial charge in [-0.3, -0.25) is 14.2 Å². The van der Waals surface area contributed by atoms with Gasteiger partial charge in [0, 0.05) is 16.3 Å². The van der Waals surface area contributed by atoms with Crippen LogP contribution in [0.2, 0.25) is 0 Å². The van der Waals surface area contributed by atoms with Crippen molar-refractivity contribution in [3.8, 4) is 0 Å². The van der Waals surface area contributed by atoms with Crippen LogP contribution in [-0.4, -0.2) is 23.1 Å². The first-order valence-corrected chi connectivity index (χ1v) is 11.8. The van der Waals surface area contributed by atoms with E-state index < -0.39 is 5.97 Å². The molecule has 0 aliphatic heterocycles. The molecule has 3 aromatic rings. The summed E-state index contributed by atoms with van der Waals surface area (Å²) in [7, 11) is 0. The van der Waals surface area contributed by atoms with E-state index in [1.54, 1.807) is 13.0 Å². The summed E-state index contributed by atoms with van der Waals surface area (Å²) in [6, 6.07) is 7.40. The van der Waals surface area contributed by atoms with E-state index in [0.717, 1.165) is 51.7 Å². The molecule has 32 heavy (non-hydrogen) atoms. The topological polar surface area (TPSA) is 77.4 Å². The number of fused-ring (bicyclic) bond motifs is 2. The number of anilines is 1. The number of esters is 1. The van der Waals surface area contributed by atoms with Crippen LogP contribution in [0.15, 0.2) is 29.1 Å². The molecule has 0 radical (unpaired) electrons. The number of aromatic nitrogens is 1. The minimum Gasteiger partial charge on any atom is -0.462 e. The van der Waals surface area contributed by atoms with Crippen molar-refractivity contribution in [1.82, 2.24) is 4.57 Å². The zero-order valence-electron chi connectivity index (χ0n) is 18.9. The Balaban J connectivity index is 1.69. The summed E-state index contributed by atoms with van der Waals surface area (Å²) in [4.78, 5) is 39.7. The Hall–Kier alpha value is -2.93. The van der Waals surface area contributed by atoms with Gasteiger partial charge in [-0.2, -0.15) is 0 Å². The molecule has 2 heterocycles. The maximum Gasteiger partial charge on any atom is 0.341 e. The van der Waals surface area contributed by atoms with Crippen LogP contribution in [0.5, 0.6) is 0 Å². The molecule has 1 atom stereocenters. The van der Waals surface area contributed by atoms with Crippen molar-refractivity contribution < 1.29 is 14.3 Å². The van der Waals surface area contributed by atoms with E-state index in [4.69, 9.17) is 4.74 Å². The number of rotatable bonds is 5. The van der Waals surface area contributed by atoms with Crippen molar-refractivity contribution in [3.05, 3.63) is 61.8 Å². The van der Waals surface area contributed by atoms with E-state index in [1.165, 1.54) is 15.9 Å². The smallest absolute Gasteiger partial charge is 0.341 e. The first-order chi connectivity index (χ1) is 15.3. The Morgan fingerprint density at radius 1 is 1.25 bits per heavy atom. The molecule has 1 aliphatic rings. The lowest BCUT2D eigenvalue weighted by Crippen LogP contribution is -2.28. The second kappa shape index (κ2) is 8.90. The minimum absolute atomic E-state index is 0.123. The van der Waals surface area contributed by atoms with Crippen LogP contribution in [-0.2, 0) is 28.9 Å². The molecule has 1 amide bonds. The molecule has 0 bridgehead atoms. The second-order valence-electron chi connectivity index (χ2n) is 8.55. The number of pyridine rings is 1. The number of carbonyl (C=O) groups is 2. The molecule has 0 saturated carbocycles. The normalized spacial score (nSPS) is 15.4. The highest BCUT2D eigenvalue weighted by atomic mass is 32.1. The van der Waals surface area contributed by atoms with Gasteiger partial charge < -0.3 is 10.1 Å². The predicted octanol–water partition coefficient (Wildman–Crippen LogP) is 4.62. The third kappa shape index (κ3) is 4.09.